The van der Waals surface area contributed by atoms with Crippen LogP contribution in [0.25, 0.3) is 0 Å². The zero-order chi connectivity index (χ0) is 14.3. The van der Waals surface area contributed by atoms with Crippen LogP contribution < -0.4 is 14.8 Å². The van der Waals surface area contributed by atoms with Gasteiger partial charge in [-0.05, 0) is 31.0 Å². The number of rotatable bonds is 6. The Morgan fingerprint density at radius 3 is 2.53 bits per heavy atom. The molecule has 0 saturated heterocycles. The second-order valence-corrected chi connectivity index (χ2v) is 4.17. The van der Waals surface area contributed by atoms with Crippen molar-refractivity contribution >= 4 is 5.91 Å². The minimum Gasteiger partial charge on any atom is -0.493 e. The van der Waals surface area contributed by atoms with E-state index in [0.29, 0.717) is 18.0 Å². The molecular weight excluding hydrogens is 242 g/mol. The SMILES string of the molecule is CC/C=C(\C)C(=O)NCc1ccc(OC)c(OC)c1. The summed E-state index contributed by atoms with van der Waals surface area (Å²) in [5, 5.41) is 2.87. The first-order chi connectivity index (χ1) is 9.12. The standard InChI is InChI=1S/C15H21NO3/c1-5-6-11(2)15(17)16-10-12-7-8-13(18-3)14(9-12)19-4/h6-9H,5,10H2,1-4H3,(H,16,17)/b11-6+. The molecule has 1 aromatic carbocycles. The highest BCUT2D eigenvalue weighted by Crippen LogP contribution is 2.27. The van der Waals surface area contributed by atoms with Gasteiger partial charge in [0.25, 0.3) is 0 Å². The number of carbonyl (C=O) groups is 1. The Bertz CT molecular complexity index is 466. The summed E-state index contributed by atoms with van der Waals surface area (Å²) in [5.74, 6) is 1.30. The van der Waals surface area contributed by atoms with Gasteiger partial charge in [-0.1, -0.05) is 19.1 Å². The average molecular weight is 263 g/mol. The lowest BCUT2D eigenvalue weighted by Crippen LogP contribution is -2.23. The second-order valence-electron chi connectivity index (χ2n) is 4.17. The van der Waals surface area contributed by atoms with E-state index in [1.807, 2.05) is 38.1 Å². The Morgan fingerprint density at radius 2 is 1.95 bits per heavy atom. The summed E-state index contributed by atoms with van der Waals surface area (Å²) in [5.41, 5.74) is 1.71. The minimum atomic E-state index is -0.0448. The maximum Gasteiger partial charge on any atom is 0.246 e. The van der Waals surface area contributed by atoms with Gasteiger partial charge in [0.05, 0.1) is 14.2 Å². The molecule has 4 nitrogen and oxygen atoms in total. The van der Waals surface area contributed by atoms with Crippen LogP contribution in [-0.4, -0.2) is 20.1 Å². The van der Waals surface area contributed by atoms with Crippen LogP contribution >= 0.6 is 0 Å². The fraction of sp³-hybridized carbons (Fsp3) is 0.400. The highest BCUT2D eigenvalue weighted by Gasteiger charge is 2.06. The van der Waals surface area contributed by atoms with Gasteiger partial charge in [0.1, 0.15) is 0 Å². The molecule has 0 aliphatic carbocycles. The van der Waals surface area contributed by atoms with E-state index in [1.165, 1.54) is 0 Å². The van der Waals surface area contributed by atoms with Crippen LogP contribution in [0.5, 0.6) is 11.5 Å². The molecule has 1 aromatic rings. The fourth-order valence-electron chi connectivity index (χ4n) is 1.71. The predicted molar refractivity (Wildman–Crippen MR) is 75.4 cm³/mol. The zero-order valence-electron chi connectivity index (χ0n) is 11.9. The minimum absolute atomic E-state index is 0.0448. The monoisotopic (exact) mass is 263 g/mol. The third kappa shape index (κ3) is 4.32. The molecule has 0 unspecified atom stereocenters. The number of hydrogen-bond acceptors (Lipinski definition) is 3. The van der Waals surface area contributed by atoms with Crippen molar-refractivity contribution in [2.24, 2.45) is 0 Å². The van der Waals surface area contributed by atoms with E-state index in [-0.39, 0.29) is 5.91 Å². The second kappa shape index (κ2) is 7.46. The topological polar surface area (TPSA) is 47.6 Å². The van der Waals surface area contributed by atoms with Crippen LogP contribution in [0.15, 0.2) is 29.8 Å². The lowest BCUT2D eigenvalue weighted by Gasteiger charge is -2.10. The normalized spacial score (nSPS) is 11.1. The van der Waals surface area contributed by atoms with Crippen molar-refractivity contribution in [3.63, 3.8) is 0 Å². The smallest absolute Gasteiger partial charge is 0.246 e. The molecule has 0 fully saturated rings. The van der Waals surface area contributed by atoms with Crippen molar-refractivity contribution in [2.45, 2.75) is 26.8 Å². The van der Waals surface area contributed by atoms with E-state index in [1.54, 1.807) is 14.2 Å². The molecule has 104 valence electrons. The first kappa shape index (κ1) is 15.1. The summed E-state index contributed by atoms with van der Waals surface area (Å²) in [6.07, 6.45) is 2.76. The highest BCUT2D eigenvalue weighted by atomic mass is 16.5. The van der Waals surface area contributed by atoms with Gasteiger partial charge in [-0.2, -0.15) is 0 Å². The zero-order valence-corrected chi connectivity index (χ0v) is 11.9. The van der Waals surface area contributed by atoms with E-state index >= 15 is 0 Å². The molecule has 0 aliphatic heterocycles. The Morgan fingerprint density at radius 1 is 1.26 bits per heavy atom. The summed E-state index contributed by atoms with van der Waals surface area (Å²) >= 11 is 0. The van der Waals surface area contributed by atoms with Gasteiger partial charge in [-0.25, -0.2) is 0 Å². The summed E-state index contributed by atoms with van der Waals surface area (Å²) in [6.45, 7) is 4.28. The largest absolute Gasteiger partial charge is 0.493 e. The molecular formula is C15H21NO3. The lowest BCUT2D eigenvalue weighted by atomic mass is 10.2. The predicted octanol–water partition coefficient (Wildman–Crippen LogP) is 2.68. The quantitative estimate of drug-likeness (QED) is 0.803. The molecule has 1 N–H and O–H groups in total. The van der Waals surface area contributed by atoms with Crippen molar-refractivity contribution in [1.82, 2.24) is 5.32 Å². The van der Waals surface area contributed by atoms with E-state index in [4.69, 9.17) is 9.47 Å². The number of carbonyl (C=O) groups excluding carboxylic acids is 1. The summed E-state index contributed by atoms with van der Waals surface area (Å²) in [6, 6.07) is 5.59. The molecule has 0 aromatic heterocycles. The van der Waals surface area contributed by atoms with Gasteiger partial charge in [0.15, 0.2) is 11.5 Å². The van der Waals surface area contributed by atoms with E-state index in [9.17, 15) is 4.79 Å². The average Bonchev–Trinajstić information content (AvgIpc) is 2.44. The van der Waals surface area contributed by atoms with Crippen molar-refractivity contribution in [1.29, 1.82) is 0 Å². The van der Waals surface area contributed by atoms with Crippen LogP contribution in [0, 0.1) is 0 Å². The van der Waals surface area contributed by atoms with Crippen LogP contribution in [0.3, 0.4) is 0 Å². The van der Waals surface area contributed by atoms with Crippen LogP contribution in [0.4, 0.5) is 0 Å². The number of nitrogens with one attached hydrogen (secondary N) is 1. The van der Waals surface area contributed by atoms with E-state index in [0.717, 1.165) is 17.6 Å². The van der Waals surface area contributed by atoms with Gasteiger partial charge >= 0.3 is 0 Å². The fourth-order valence-corrected chi connectivity index (χ4v) is 1.71. The molecule has 0 aliphatic rings. The Balaban J connectivity index is 2.68. The molecule has 0 saturated carbocycles. The van der Waals surface area contributed by atoms with Gasteiger partial charge < -0.3 is 14.8 Å². The first-order valence-corrected chi connectivity index (χ1v) is 6.28. The first-order valence-electron chi connectivity index (χ1n) is 6.28. The van der Waals surface area contributed by atoms with Crippen LogP contribution in [0.1, 0.15) is 25.8 Å². The van der Waals surface area contributed by atoms with E-state index < -0.39 is 0 Å². The van der Waals surface area contributed by atoms with Gasteiger partial charge in [-0.3, -0.25) is 4.79 Å². The maximum absolute atomic E-state index is 11.7. The van der Waals surface area contributed by atoms with Crippen molar-refractivity contribution < 1.29 is 14.3 Å². The maximum atomic E-state index is 11.7. The number of ether oxygens (including phenoxy) is 2. The Labute approximate surface area is 114 Å². The number of amides is 1. The summed E-state index contributed by atoms with van der Waals surface area (Å²) < 4.78 is 10.4. The molecule has 0 spiro atoms. The van der Waals surface area contributed by atoms with E-state index in [2.05, 4.69) is 5.32 Å². The van der Waals surface area contributed by atoms with Gasteiger partial charge in [0, 0.05) is 12.1 Å². The number of benzene rings is 1. The van der Waals surface area contributed by atoms with Gasteiger partial charge in [-0.15, -0.1) is 0 Å². The molecule has 19 heavy (non-hydrogen) atoms. The lowest BCUT2D eigenvalue weighted by molar-refractivity contribution is -0.117. The third-order valence-electron chi connectivity index (χ3n) is 2.77. The van der Waals surface area contributed by atoms with Crippen molar-refractivity contribution in [2.75, 3.05) is 14.2 Å². The third-order valence-corrected chi connectivity index (χ3v) is 2.77. The summed E-state index contributed by atoms with van der Waals surface area (Å²) in [7, 11) is 3.19. The molecule has 4 heteroatoms. The number of methoxy groups -OCH3 is 2. The molecule has 1 rings (SSSR count). The summed E-state index contributed by atoms with van der Waals surface area (Å²) in [4.78, 5) is 11.7. The molecule has 0 radical (unpaired) electrons. The Kier molecular flexibility index (Phi) is 5.93. The molecule has 1 amide bonds. The van der Waals surface area contributed by atoms with Crippen LogP contribution in [-0.2, 0) is 11.3 Å². The van der Waals surface area contributed by atoms with Crippen molar-refractivity contribution in [3.8, 4) is 11.5 Å². The molecule has 0 atom stereocenters. The number of hydrogen-bond donors (Lipinski definition) is 1. The molecule has 0 bridgehead atoms. The van der Waals surface area contributed by atoms with Gasteiger partial charge in [0.2, 0.25) is 5.91 Å². The van der Waals surface area contributed by atoms with Crippen LogP contribution in [0.2, 0.25) is 0 Å². The molecule has 0 heterocycles. The highest BCUT2D eigenvalue weighted by molar-refractivity contribution is 5.92. The Hall–Kier alpha value is -1.97. The number of allylic oxidation sites excluding steroid dienone is 1. The van der Waals surface area contributed by atoms with Crippen molar-refractivity contribution in [3.05, 3.63) is 35.4 Å².